The number of rotatable bonds is 3. The Labute approximate surface area is 122 Å². The molecule has 0 spiro atoms. The van der Waals surface area contributed by atoms with E-state index in [9.17, 15) is 14.3 Å². The lowest BCUT2D eigenvalue weighted by Gasteiger charge is -2.19. The molecule has 0 radical (unpaired) electrons. The minimum absolute atomic E-state index is 0.0138. The van der Waals surface area contributed by atoms with Crippen LogP contribution in [0.3, 0.4) is 0 Å². The third kappa shape index (κ3) is 3.65. The Balaban J connectivity index is 2.02. The standard InChI is InChI=1S/C15H19FN2O3/c1-15(2,3)21-14(20)17-7-6-9-8-18-13-10(16)4-5-11(19)12(9)13/h4-5,8,18-19H,6-7H2,1-3H3,(H,17,20). The Morgan fingerprint density at radius 3 is 2.81 bits per heavy atom. The van der Waals surface area contributed by atoms with Crippen molar-refractivity contribution in [1.29, 1.82) is 0 Å². The van der Waals surface area contributed by atoms with Gasteiger partial charge in [-0.05, 0) is 44.9 Å². The first-order valence-corrected chi connectivity index (χ1v) is 6.72. The van der Waals surface area contributed by atoms with Gasteiger partial charge in [-0.1, -0.05) is 0 Å². The number of nitrogens with one attached hydrogen (secondary N) is 2. The molecular weight excluding hydrogens is 275 g/mol. The average Bonchev–Trinajstić information content (AvgIpc) is 2.77. The van der Waals surface area contributed by atoms with Gasteiger partial charge < -0.3 is 20.1 Å². The van der Waals surface area contributed by atoms with E-state index in [1.807, 2.05) is 0 Å². The molecule has 1 heterocycles. The van der Waals surface area contributed by atoms with Gasteiger partial charge in [-0.15, -0.1) is 0 Å². The van der Waals surface area contributed by atoms with Crippen LogP contribution in [0.5, 0.6) is 5.75 Å². The van der Waals surface area contributed by atoms with Crippen molar-refractivity contribution in [2.75, 3.05) is 6.54 Å². The minimum atomic E-state index is -0.549. The second kappa shape index (κ2) is 5.63. The maximum atomic E-state index is 13.6. The van der Waals surface area contributed by atoms with Crippen molar-refractivity contribution in [3.63, 3.8) is 0 Å². The van der Waals surface area contributed by atoms with Gasteiger partial charge in [0.25, 0.3) is 0 Å². The smallest absolute Gasteiger partial charge is 0.407 e. The molecule has 2 rings (SSSR count). The molecule has 0 bridgehead atoms. The zero-order chi connectivity index (χ0) is 15.6. The van der Waals surface area contributed by atoms with Gasteiger partial charge in [0.2, 0.25) is 0 Å². The maximum absolute atomic E-state index is 13.6. The second-order valence-corrected chi connectivity index (χ2v) is 5.81. The highest BCUT2D eigenvalue weighted by Crippen LogP contribution is 2.29. The number of ether oxygens (including phenoxy) is 1. The predicted molar refractivity (Wildman–Crippen MR) is 77.9 cm³/mol. The summed E-state index contributed by atoms with van der Waals surface area (Å²) in [6.45, 7) is 5.69. The molecule has 0 unspecified atom stereocenters. The molecule has 0 aliphatic carbocycles. The van der Waals surface area contributed by atoms with Crippen LogP contribution < -0.4 is 5.32 Å². The monoisotopic (exact) mass is 294 g/mol. The first-order valence-electron chi connectivity index (χ1n) is 6.72. The first-order chi connectivity index (χ1) is 9.78. The van der Waals surface area contributed by atoms with E-state index >= 15 is 0 Å². The number of halogens is 1. The molecule has 0 aliphatic heterocycles. The zero-order valence-electron chi connectivity index (χ0n) is 12.3. The number of alkyl carbamates (subject to hydrolysis) is 1. The fourth-order valence-corrected chi connectivity index (χ4v) is 2.07. The van der Waals surface area contributed by atoms with Crippen LogP contribution in [0.2, 0.25) is 0 Å². The molecule has 3 N–H and O–H groups in total. The normalized spacial score (nSPS) is 11.6. The summed E-state index contributed by atoms with van der Waals surface area (Å²) >= 11 is 0. The predicted octanol–water partition coefficient (Wildman–Crippen LogP) is 3.08. The van der Waals surface area contributed by atoms with E-state index in [0.717, 1.165) is 5.56 Å². The molecule has 5 nitrogen and oxygen atoms in total. The van der Waals surface area contributed by atoms with E-state index < -0.39 is 17.5 Å². The maximum Gasteiger partial charge on any atom is 0.407 e. The Morgan fingerprint density at radius 2 is 2.14 bits per heavy atom. The molecule has 1 aromatic carbocycles. The Bertz CT molecular complexity index is 659. The van der Waals surface area contributed by atoms with Crippen LogP contribution in [0.4, 0.5) is 9.18 Å². The van der Waals surface area contributed by atoms with Gasteiger partial charge in [-0.3, -0.25) is 0 Å². The number of amides is 1. The van der Waals surface area contributed by atoms with Crippen molar-refractivity contribution in [2.45, 2.75) is 32.8 Å². The highest BCUT2D eigenvalue weighted by molar-refractivity contribution is 5.89. The van der Waals surface area contributed by atoms with Crippen LogP contribution in [0.25, 0.3) is 10.9 Å². The molecule has 1 amide bonds. The summed E-state index contributed by atoms with van der Waals surface area (Å²) in [5, 5.41) is 12.9. The summed E-state index contributed by atoms with van der Waals surface area (Å²) in [6, 6.07) is 2.52. The highest BCUT2D eigenvalue weighted by atomic mass is 19.1. The quantitative estimate of drug-likeness (QED) is 0.814. The summed E-state index contributed by atoms with van der Waals surface area (Å²) in [7, 11) is 0. The molecule has 114 valence electrons. The third-order valence-corrected chi connectivity index (χ3v) is 2.91. The van der Waals surface area contributed by atoms with E-state index in [-0.39, 0.29) is 11.3 Å². The molecule has 0 saturated heterocycles. The van der Waals surface area contributed by atoms with Gasteiger partial charge >= 0.3 is 6.09 Å². The van der Waals surface area contributed by atoms with Crippen molar-refractivity contribution < 1.29 is 19.0 Å². The summed E-state index contributed by atoms with van der Waals surface area (Å²) in [5.41, 5.74) is 0.451. The lowest BCUT2D eigenvalue weighted by Crippen LogP contribution is -2.33. The Kier molecular flexibility index (Phi) is 4.06. The molecule has 0 atom stereocenters. The van der Waals surface area contributed by atoms with Gasteiger partial charge in [-0.25, -0.2) is 9.18 Å². The SMILES string of the molecule is CC(C)(C)OC(=O)NCCc1c[nH]c2c(F)ccc(O)c12. The summed E-state index contributed by atoms with van der Waals surface area (Å²) < 4.78 is 18.7. The van der Waals surface area contributed by atoms with E-state index in [4.69, 9.17) is 4.74 Å². The van der Waals surface area contributed by atoms with E-state index in [1.165, 1.54) is 12.1 Å². The topological polar surface area (TPSA) is 74.3 Å². The van der Waals surface area contributed by atoms with Gasteiger partial charge in [-0.2, -0.15) is 0 Å². The summed E-state index contributed by atoms with van der Waals surface area (Å²) in [6.07, 6.45) is 1.58. The summed E-state index contributed by atoms with van der Waals surface area (Å²) in [4.78, 5) is 14.3. The number of phenolic OH excluding ortho intramolecular Hbond substituents is 1. The molecule has 0 fully saturated rings. The number of carbonyl (C=O) groups excluding carboxylic acids is 1. The first kappa shape index (κ1) is 15.2. The molecule has 2 aromatic rings. The number of aromatic hydroxyl groups is 1. The molecule has 6 heteroatoms. The van der Waals surface area contributed by atoms with Crippen LogP contribution in [-0.2, 0) is 11.2 Å². The fourth-order valence-electron chi connectivity index (χ4n) is 2.07. The lowest BCUT2D eigenvalue weighted by atomic mass is 10.1. The van der Waals surface area contributed by atoms with Crippen LogP contribution in [0.1, 0.15) is 26.3 Å². The summed E-state index contributed by atoms with van der Waals surface area (Å²) in [5.74, 6) is -0.408. The van der Waals surface area contributed by atoms with Crippen molar-refractivity contribution in [3.8, 4) is 5.75 Å². The van der Waals surface area contributed by atoms with Gasteiger partial charge in [0.15, 0.2) is 0 Å². The van der Waals surface area contributed by atoms with Crippen molar-refractivity contribution in [3.05, 3.63) is 29.7 Å². The van der Waals surface area contributed by atoms with E-state index in [1.54, 1.807) is 27.0 Å². The number of benzene rings is 1. The van der Waals surface area contributed by atoms with E-state index in [2.05, 4.69) is 10.3 Å². The molecule has 1 aromatic heterocycles. The molecular formula is C15H19FN2O3. The number of carbonyl (C=O) groups is 1. The largest absolute Gasteiger partial charge is 0.507 e. The Morgan fingerprint density at radius 1 is 1.43 bits per heavy atom. The van der Waals surface area contributed by atoms with E-state index in [0.29, 0.717) is 18.4 Å². The lowest BCUT2D eigenvalue weighted by molar-refractivity contribution is 0.0528. The fraction of sp³-hybridized carbons (Fsp3) is 0.400. The molecule has 0 aliphatic rings. The number of aromatic amines is 1. The Hall–Kier alpha value is -2.24. The van der Waals surface area contributed by atoms with Gasteiger partial charge in [0, 0.05) is 18.1 Å². The van der Waals surface area contributed by atoms with Gasteiger partial charge in [0.05, 0.1) is 5.52 Å². The number of fused-ring (bicyclic) bond motifs is 1. The van der Waals surface area contributed by atoms with Crippen molar-refractivity contribution >= 4 is 17.0 Å². The number of hydrogen-bond acceptors (Lipinski definition) is 3. The minimum Gasteiger partial charge on any atom is -0.507 e. The highest BCUT2D eigenvalue weighted by Gasteiger charge is 2.16. The average molecular weight is 294 g/mol. The van der Waals surface area contributed by atoms with Gasteiger partial charge in [0.1, 0.15) is 17.2 Å². The molecule has 21 heavy (non-hydrogen) atoms. The van der Waals surface area contributed by atoms with Crippen LogP contribution in [-0.4, -0.2) is 28.3 Å². The number of hydrogen-bond donors (Lipinski definition) is 3. The number of H-pyrrole nitrogens is 1. The van der Waals surface area contributed by atoms with Crippen LogP contribution in [0, 0.1) is 5.82 Å². The van der Waals surface area contributed by atoms with Crippen molar-refractivity contribution in [1.82, 2.24) is 10.3 Å². The third-order valence-electron chi connectivity index (χ3n) is 2.91. The van der Waals surface area contributed by atoms with Crippen molar-refractivity contribution in [2.24, 2.45) is 0 Å². The molecule has 0 saturated carbocycles. The zero-order valence-corrected chi connectivity index (χ0v) is 12.3. The number of aromatic nitrogens is 1. The number of phenols is 1. The second-order valence-electron chi connectivity index (χ2n) is 5.81. The van der Waals surface area contributed by atoms with Crippen LogP contribution in [0.15, 0.2) is 18.3 Å². The van der Waals surface area contributed by atoms with Crippen LogP contribution >= 0.6 is 0 Å².